The van der Waals surface area contributed by atoms with Crippen molar-refractivity contribution in [3.8, 4) is 11.5 Å². The minimum absolute atomic E-state index is 0.0752. The van der Waals surface area contributed by atoms with Crippen molar-refractivity contribution in [1.82, 2.24) is 0 Å². The number of hydrogen-bond acceptors (Lipinski definition) is 5. The lowest BCUT2D eigenvalue weighted by Crippen LogP contribution is -2.21. The van der Waals surface area contributed by atoms with E-state index in [-0.39, 0.29) is 17.2 Å². The second kappa shape index (κ2) is 5.50. The first-order valence-corrected chi connectivity index (χ1v) is 7.24. The second-order valence-electron chi connectivity index (χ2n) is 5.23. The Kier molecular flexibility index (Phi) is 3.66. The van der Waals surface area contributed by atoms with Crippen molar-refractivity contribution in [3.63, 3.8) is 0 Å². The van der Waals surface area contributed by atoms with Gasteiger partial charge in [-0.1, -0.05) is 31.2 Å². The number of phenolic OH excluding ortho intramolecular Hbond substituents is 1. The van der Waals surface area contributed by atoms with Gasteiger partial charge in [0.25, 0.3) is 0 Å². The summed E-state index contributed by atoms with van der Waals surface area (Å²) in [5, 5.41) is 11.9. The number of rotatable bonds is 3. The second-order valence-corrected chi connectivity index (χ2v) is 5.23. The molecule has 0 spiro atoms. The van der Waals surface area contributed by atoms with Gasteiger partial charge < -0.3 is 19.3 Å². The Morgan fingerprint density at radius 3 is 2.64 bits per heavy atom. The summed E-state index contributed by atoms with van der Waals surface area (Å²) in [7, 11) is 1.30. The molecule has 0 saturated heterocycles. The monoisotopic (exact) mass is 302 g/mol. The highest BCUT2D eigenvalue weighted by molar-refractivity contribution is 6.06. The van der Waals surface area contributed by atoms with Gasteiger partial charge in [0.1, 0.15) is 17.1 Å². The number of benzene rings is 2. The highest BCUT2D eigenvalue weighted by atomic mass is 16.7. The van der Waals surface area contributed by atoms with Crippen LogP contribution in [-0.2, 0) is 9.47 Å². The largest absolute Gasteiger partial charge is 0.506 e. The lowest BCUT2D eigenvalue weighted by Gasteiger charge is -2.15. The fourth-order valence-corrected chi connectivity index (χ4v) is 2.98. The summed E-state index contributed by atoms with van der Waals surface area (Å²) in [6, 6.07) is 7.27. The van der Waals surface area contributed by atoms with E-state index >= 15 is 0 Å². The van der Waals surface area contributed by atoms with Crippen LogP contribution < -0.4 is 4.74 Å². The molecular formula is C17H18O5. The molecule has 0 unspecified atom stereocenters. The van der Waals surface area contributed by atoms with Gasteiger partial charge in [0.2, 0.25) is 6.29 Å². The number of carbonyl (C=O) groups excluding carboxylic acids is 1. The number of phenols is 1. The zero-order chi connectivity index (χ0) is 15.9. The highest BCUT2D eigenvalue weighted by Crippen LogP contribution is 2.49. The molecule has 0 bridgehead atoms. The summed E-state index contributed by atoms with van der Waals surface area (Å²) < 4.78 is 16.4. The molecule has 0 aliphatic carbocycles. The lowest BCUT2D eigenvalue weighted by atomic mass is 9.91. The molecule has 22 heavy (non-hydrogen) atoms. The van der Waals surface area contributed by atoms with E-state index in [9.17, 15) is 9.90 Å². The molecule has 1 heterocycles. The van der Waals surface area contributed by atoms with E-state index in [0.717, 1.165) is 5.39 Å². The average molecular weight is 302 g/mol. The predicted molar refractivity (Wildman–Crippen MR) is 81.4 cm³/mol. The molecule has 2 atom stereocenters. The van der Waals surface area contributed by atoms with Crippen molar-refractivity contribution in [2.24, 2.45) is 0 Å². The van der Waals surface area contributed by atoms with Crippen molar-refractivity contribution in [2.45, 2.75) is 26.1 Å². The van der Waals surface area contributed by atoms with Crippen LogP contribution in [0, 0.1) is 0 Å². The van der Waals surface area contributed by atoms with Crippen LogP contribution in [0.25, 0.3) is 10.8 Å². The Morgan fingerprint density at radius 2 is 2.00 bits per heavy atom. The molecule has 0 radical (unpaired) electrons. The van der Waals surface area contributed by atoms with Gasteiger partial charge in [-0.15, -0.1) is 0 Å². The molecule has 2 aromatic carbocycles. The first-order valence-electron chi connectivity index (χ1n) is 7.24. The van der Waals surface area contributed by atoms with Crippen LogP contribution >= 0.6 is 0 Å². The number of ether oxygens (including phenoxy) is 3. The molecular weight excluding hydrogens is 284 g/mol. The zero-order valence-corrected chi connectivity index (χ0v) is 12.8. The van der Waals surface area contributed by atoms with E-state index in [1.54, 1.807) is 12.1 Å². The molecule has 5 heteroatoms. The molecule has 0 fully saturated rings. The number of fused-ring (bicyclic) bond motifs is 3. The first-order chi connectivity index (χ1) is 10.6. The average Bonchev–Trinajstić information content (AvgIpc) is 2.85. The fourth-order valence-electron chi connectivity index (χ4n) is 2.98. The number of hydrogen-bond donors (Lipinski definition) is 1. The summed E-state index contributed by atoms with van der Waals surface area (Å²) in [5.74, 6) is -0.250. The van der Waals surface area contributed by atoms with Gasteiger partial charge in [-0.25, -0.2) is 4.79 Å². The number of methoxy groups -OCH3 is 1. The number of carbonyl (C=O) groups is 1. The Balaban J connectivity index is 2.32. The van der Waals surface area contributed by atoms with Gasteiger partial charge in [-0.3, -0.25) is 0 Å². The van der Waals surface area contributed by atoms with E-state index in [1.165, 1.54) is 7.11 Å². The fraction of sp³-hybridized carbons (Fsp3) is 0.353. The molecule has 1 aliphatic heterocycles. The van der Waals surface area contributed by atoms with E-state index in [1.807, 2.05) is 26.0 Å². The predicted octanol–water partition coefficient (Wildman–Crippen LogP) is 3.19. The van der Waals surface area contributed by atoms with Crippen LogP contribution in [0.15, 0.2) is 24.3 Å². The summed E-state index contributed by atoms with van der Waals surface area (Å²) >= 11 is 0. The number of esters is 1. The number of aromatic hydroxyl groups is 1. The zero-order valence-electron chi connectivity index (χ0n) is 12.8. The first kappa shape index (κ1) is 14.7. The molecule has 5 nitrogen and oxygen atoms in total. The maximum absolute atomic E-state index is 12.2. The summed E-state index contributed by atoms with van der Waals surface area (Å²) in [5.41, 5.74) is 0.799. The molecule has 2 aromatic rings. The van der Waals surface area contributed by atoms with Gasteiger partial charge in [-0.2, -0.15) is 0 Å². The van der Waals surface area contributed by atoms with Crippen LogP contribution in [0.2, 0.25) is 0 Å². The Morgan fingerprint density at radius 1 is 1.32 bits per heavy atom. The maximum Gasteiger partial charge on any atom is 0.342 e. The topological polar surface area (TPSA) is 65.0 Å². The Bertz CT molecular complexity index is 737. The molecule has 0 amide bonds. The van der Waals surface area contributed by atoms with E-state index in [0.29, 0.717) is 23.3 Å². The van der Waals surface area contributed by atoms with Crippen molar-refractivity contribution in [1.29, 1.82) is 0 Å². The molecule has 116 valence electrons. The van der Waals surface area contributed by atoms with Crippen molar-refractivity contribution >= 4 is 16.7 Å². The molecule has 1 N–H and O–H groups in total. The summed E-state index contributed by atoms with van der Waals surface area (Å²) in [4.78, 5) is 12.2. The minimum atomic E-state index is -0.577. The van der Waals surface area contributed by atoms with Crippen LogP contribution in [0.5, 0.6) is 11.5 Å². The van der Waals surface area contributed by atoms with Crippen LogP contribution in [-0.4, -0.2) is 31.1 Å². The smallest absolute Gasteiger partial charge is 0.342 e. The van der Waals surface area contributed by atoms with E-state index in [2.05, 4.69) is 0 Å². The summed E-state index contributed by atoms with van der Waals surface area (Å²) in [6.45, 7) is 4.29. The third-order valence-electron chi connectivity index (χ3n) is 4.00. The Hall–Kier alpha value is -2.27. The van der Waals surface area contributed by atoms with Crippen LogP contribution in [0.4, 0.5) is 0 Å². The van der Waals surface area contributed by atoms with Gasteiger partial charge >= 0.3 is 5.97 Å². The van der Waals surface area contributed by atoms with Crippen molar-refractivity contribution < 1.29 is 24.1 Å². The minimum Gasteiger partial charge on any atom is -0.506 e. The van der Waals surface area contributed by atoms with Crippen molar-refractivity contribution in [2.75, 3.05) is 13.7 Å². The molecule has 0 saturated carbocycles. The molecule has 1 aliphatic rings. The van der Waals surface area contributed by atoms with Gasteiger partial charge in [-0.05, 0) is 6.92 Å². The third kappa shape index (κ3) is 2.01. The Labute approximate surface area is 128 Å². The third-order valence-corrected chi connectivity index (χ3v) is 4.00. The highest BCUT2D eigenvalue weighted by Gasteiger charge is 2.39. The van der Waals surface area contributed by atoms with Gasteiger partial charge in [0.05, 0.1) is 7.11 Å². The van der Waals surface area contributed by atoms with Crippen LogP contribution in [0.1, 0.15) is 35.7 Å². The van der Waals surface area contributed by atoms with Gasteiger partial charge in [0, 0.05) is 28.9 Å². The quantitative estimate of drug-likeness (QED) is 0.882. The lowest BCUT2D eigenvalue weighted by molar-refractivity contribution is -0.0728. The summed E-state index contributed by atoms with van der Waals surface area (Å²) in [6.07, 6.45) is -0.478. The van der Waals surface area contributed by atoms with Crippen molar-refractivity contribution in [3.05, 3.63) is 35.4 Å². The van der Waals surface area contributed by atoms with E-state index in [4.69, 9.17) is 14.2 Å². The van der Waals surface area contributed by atoms with E-state index < -0.39 is 12.3 Å². The maximum atomic E-state index is 12.2. The standard InChI is InChI=1S/C17H18O5/c1-4-21-17-9(2)12-13(16(19)20-3)14(18)10-7-5-6-8-11(10)15(12)22-17/h5-9,17-18H,4H2,1-3H3/t9-,17-/m1/s1. The van der Waals surface area contributed by atoms with Crippen LogP contribution in [0.3, 0.4) is 0 Å². The molecule has 0 aromatic heterocycles. The molecule has 3 rings (SSSR count). The van der Waals surface area contributed by atoms with Gasteiger partial charge in [0.15, 0.2) is 0 Å². The normalized spacial score (nSPS) is 19.8. The SMILES string of the molecule is CCO[C@@H]1Oc2c(c(C(=O)OC)c(O)c3ccccc23)[C@H]1C.